The van der Waals surface area contributed by atoms with Gasteiger partial charge in [-0.05, 0) is 41.0 Å². The largest absolute Gasteiger partial charge is 0.497 e. The number of halogens is 1. The summed E-state index contributed by atoms with van der Waals surface area (Å²) >= 11 is 0. The van der Waals surface area contributed by atoms with E-state index in [0.29, 0.717) is 6.42 Å². The molecule has 0 spiro atoms. The average molecular weight is 302 g/mol. The number of benzene rings is 2. The minimum Gasteiger partial charge on any atom is -0.497 e. The van der Waals surface area contributed by atoms with Crippen molar-refractivity contribution in [2.45, 2.75) is 12.5 Å². The van der Waals surface area contributed by atoms with Gasteiger partial charge in [0.15, 0.2) is 0 Å². The van der Waals surface area contributed by atoms with Crippen molar-refractivity contribution in [3.05, 3.63) is 42.0 Å². The van der Waals surface area contributed by atoms with Crippen molar-refractivity contribution in [1.82, 2.24) is 10.2 Å². The Labute approximate surface area is 131 Å². The number of rotatable bonds is 5. The summed E-state index contributed by atoms with van der Waals surface area (Å²) in [6, 6.07) is 12.7. The normalized spacial score (nSPS) is 17.5. The van der Waals surface area contributed by atoms with Crippen LogP contribution in [0.3, 0.4) is 0 Å². The summed E-state index contributed by atoms with van der Waals surface area (Å²) in [7, 11) is 1.68. The molecule has 0 radical (unpaired) electrons. The molecule has 2 aromatic carbocycles. The first-order valence-electron chi connectivity index (χ1n) is 7.90. The molecule has 118 valence electrons. The van der Waals surface area contributed by atoms with E-state index in [1.807, 2.05) is 12.1 Å². The van der Waals surface area contributed by atoms with Crippen LogP contribution in [-0.2, 0) is 0 Å². The molecule has 1 N–H and O–H groups in total. The summed E-state index contributed by atoms with van der Waals surface area (Å²) in [5.74, 6) is 0.864. The molecule has 0 unspecified atom stereocenters. The zero-order valence-corrected chi connectivity index (χ0v) is 13.0. The standard InChI is InChI=1S/C18H23FN2O/c1-22-17-5-4-14-12-16(3-2-15(14)13-17)18(6-7-19)21-10-8-20-9-11-21/h2-5,12-13,18,20H,6-11H2,1H3/t18-/m0/s1. The number of ether oxygens (including phenoxy) is 1. The van der Waals surface area contributed by atoms with E-state index in [2.05, 4.69) is 34.5 Å². The third-order valence-electron chi connectivity index (χ3n) is 4.43. The van der Waals surface area contributed by atoms with Crippen molar-refractivity contribution in [2.24, 2.45) is 0 Å². The van der Waals surface area contributed by atoms with Gasteiger partial charge < -0.3 is 10.1 Å². The average Bonchev–Trinajstić information content (AvgIpc) is 2.59. The van der Waals surface area contributed by atoms with Crippen molar-refractivity contribution in [2.75, 3.05) is 40.0 Å². The van der Waals surface area contributed by atoms with Gasteiger partial charge in [-0.15, -0.1) is 0 Å². The summed E-state index contributed by atoms with van der Waals surface area (Å²) in [4.78, 5) is 2.39. The van der Waals surface area contributed by atoms with Gasteiger partial charge in [0.1, 0.15) is 5.75 Å². The fourth-order valence-electron chi connectivity index (χ4n) is 3.23. The molecular weight excluding hydrogens is 279 g/mol. The van der Waals surface area contributed by atoms with Crippen LogP contribution in [0.2, 0.25) is 0 Å². The lowest BCUT2D eigenvalue weighted by molar-refractivity contribution is 0.157. The van der Waals surface area contributed by atoms with Crippen molar-refractivity contribution < 1.29 is 9.13 Å². The Morgan fingerprint density at radius 2 is 1.86 bits per heavy atom. The first kappa shape index (κ1) is 15.3. The van der Waals surface area contributed by atoms with Crippen LogP contribution in [0.5, 0.6) is 5.75 Å². The lowest BCUT2D eigenvalue weighted by Gasteiger charge is -2.35. The maximum atomic E-state index is 13.0. The highest BCUT2D eigenvalue weighted by molar-refractivity contribution is 5.84. The van der Waals surface area contributed by atoms with Crippen molar-refractivity contribution in [1.29, 1.82) is 0 Å². The highest BCUT2D eigenvalue weighted by atomic mass is 19.1. The topological polar surface area (TPSA) is 24.5 Å². The van der Waals surface area contributed by atoms with Crippen LogP contribution >= 0.6 is 0 Å². The molecule has 0 bridgehead atoms. The zero-order chi connectivity index (χ0) is 15.4. The zero-order valence-electron chi connectivity index (χ0n) is 13.0. The molecule has 0 saturated carbocycles. The SMILES string of the molecule is COc1ccc2cc([C@H](CCF)N3CCNCC3)ccc2c1. The van der Waals surface area contributed by atoms with Crippen molar-refractivity contribution >= 4 is 10.8 Å². The molecule has 4 heteroatoms. The number of hydrogen-bond acceptors (Lipinski definition) is 3. The molecular formula is C18H23FN2O. The fraction of sp³-hybridized carbons (Fsp3) is 0.444. The van der Waals surface area contributed by atoms with E-state index in [-0.39, 0.29) is 12.7 Å². The Morgan fingerprint density at radius 3 is 2.59 bits per heavy atom. The quantitative estimate of drug-likeness (QED) is 0.918. The predicted molar refractivity (Wildman–Crippen MR) is 88.3 cm³/mol. The Balaban J connectivity index is 1.91. The van der Waals surface area contributed by atoms with E-state index in [0.717, 1.165) is 37.3 Å². The molecule has 0 amide bonds. The summed E-state index contributed by atoms with van der Waals surface area (Å²) in [5.41, 5.74) is 1.21. The number of alkyl halides is 1. The van der Waals surface area contributed by atoms with Crippen LogP contribution in [0.4, 0.5) is 4.39 Å². The Kier molecular flexibility index (Phi) is 4.90. The summed E-state index contributed by atoms with van der Waals surface area (Å²) < 4.78 is 18.3. The first-order valence-corrected chi connectivity index (χ1v) is 7.90. The minimum absolute atomic E-state index is 0.165. The number of hydrogen-bond donors (Lipinski definition) is 1. The molecule has 3 rings (SSSR count). The molecule has 22 heavy (non-hydrogen) atoms. The first-order chi connectivity index (χ1) is 10.8. The molecule has 1 fully saturated rings. The van der Waals surface area contributed by atoms with Gasteiger partial charge >= 0.3 is 0 Å². The lowest BCUT2D eigenvalue weighted by atomic mass is 9.98. The molecule has 0 aromatic heterocycles. The maximum absolute atomic E-state index is 13.0. The van der Waals surface area contributed by atoms with E-state index < -0.39 is 0 Å². The molecule has 0 aliphatic carbocycles. The smallest absolute Gasteiger partial charge is 0.119 e. The second kappa shape index (κ2) is 7.07. The monoisotopic (exact) mass is 302 g/mol. The second-order valence-electron chi connectivity index (χ2n) is 5.75. The van der Waals surface area contributed by atoms with Gasteiger partial charge in [0.2, 0.25) is 0 Å². The Hall–Kier alpha value is -1.65. The van der Waals surface area contributed by atoms with Crippen LogP contribution < -0.4 is 10.1 Å². The van der Waals surface area contributed by atoms with Gasteiger partial charge in [0.05, 0.1) is 13.8 Å². The molecule has 3 nitrogen and oxygen atoms in total. The van der Waals surface area contributed by atoms with Gasteiger partial charge in [0, 0.05) is 32.2 Å². The third kappa shape index (κ3) is 3.23. The van der Waals surface area contributed by atoms with E-state index >= 15 is 0 Å². The number of nitrogens with one attached hydrogen (secondary N) is 1. The molecule has 1 aliphatic rings. The van der Waals surface area contributed by atoms with Gasteiger partial charge in [-0.3, -0.25) is 9.29 Å². The Morgan fingerprint density at radius 1 is 1.14 bits per heavy atom. The molecule has 1 saturated heterocycles. The number of nitrogens with zero attached hydrogens (tertiary/aromatic N) is 1. The summed E-state index contributed by atoms with van der Waals surface area (Å²) in [6.07, 6.45) is 0.557. The van der Waals surface area contributed by atoms with Crippen LogP contribution in [0.1, 0.15) is 18.0 Å². The number of fused-ring (bicyclic) bond motifs is 1. The number of methoxy groups -OCH3 is 1. The van der Waals surface area contributed by atoms with E-state index in [1.165, 1.54) is 10.9 Å². The van der Waals surface area contributed by atoms with E-state index in [9.17, 15) is 4.39 Å². The molecule has 1 aliphatic heterocycles. The Bertz CT molecular complexity index is 626. The van der Waals surface area contributed by atoms with Crippen LogP contribution in [0.15, 0.2) is 36.4 Å². The van der Waals surface area contributed by atoms with E-state index in [4.69, 9.17) is 4.74 Å². The fourth-order valence-corrected chi connectivity index (χ4v) is 3.23. The highest BCUT2D eigenvalue weighted by Gasteiger charge is 2.22. The summed E-state index contributed by atoms with van der Waals surface area (Å²) in [6.45, 7) is 3.63. The van der Waals surface area contributed by atoms with Crippen molar-refractivity contribution in [3.8, 4) is 5.75 Å². The van der Waals surface area contributed by atoms with Crippen molar-refractivity contribution in [3.63, 3.8) is 0 Å². The van der Waals surface area contributed by atoms with Gasteiger partial charge in [-0.2, -0.15) is 0 Å². The molecule has 1 heterocycles. The molecule has 1 atom stereocenters. The van der Waals surface area contributed by atoms with Gasteiger partial charge in [0.25, 0.3) is 0 Å². The van der Waals surface area contributed by atoms with Gasteiger partial charge in [-0.25, -0.2) is 0 Å². The predicted octanol–water partition coefficient (Wildman–Crippen LogP) is 3.15. The third-order valence-corrected chi connectivity index (χ3v) is 4.43. The van der Waals surface area contributed by atoms with Crippen LogP contribution in [0, 0.1) is 0 Å². The van der Waals surface area contributed by atoms with E-state index in [1.54, 1.807) is 7.11 Å². The maximum Gasteiger partial charge on any atom is 0.119 e. The molecule has 2 aromatic rings. The minimum atomic E-state index is -0.282. The van der Waals surface area contributed by atoms with Crippen LogP contribution in [-0.4, -0.2) is 44.9 Å². The lowest BCUT2D eigenvalue weighted by Crippen LogP contribution is -2.45. The number of piperazine rings is 1. The van der Waals surface area contributed by atoms with Gasteiger partial charge in [-0.1, -0.05) is 18.2 Å². The highest BCUT2D eigenvalue weighted by Crippen LogP contribution is 2.29. The van der Waals surface area contributed by atoms with Crippen LogP contribution in [0.25, 0.3) is 10.8 Å². The second-order valence-corrected chi connectivity index (χ2v) is 5.75. The summed E-state index contributed by atoms with van der Waals surface area (Å²) in [5, 5.41) is 5.69.